The van der Waals surface area contributed by atoms with E-state index in [-0.39, 0.29) is 5.91 Å². The molecule has 0 unspecified atom stereocenters. The number of aryl methyl sites for hydroxylation is 3. The van der Waals surface area contributed by atoms with E-state index in [4.69, 9.17) is 0 Å². The lowest BCUT2D eigenvalue weighted by Gasteiger charge is -2.10. The molecular weight excluding hydrogens is 234 g/mol. The predicted molar refractivity (Wildman–Crippen MR) is 79.8 cm³/mol. The number of anilines is 1. The monoisotopic (exact) mass is 253 g/mol. The van der Waals surface area contributed by atoms with Crippen LogP contribution in [0.2, 0.25) is 0 Å². The predicted octanol–water partition coefficient (Wildman–Crippen LogP) is 4.17. The molecule has 2 nitrogen and oxygen atoms in total. The van der Waals surface area contributed by atoms with Gasteiger partial charge in [0, 0.05) is 11.3 Å². The summed E-state index contributed by atoms with van der Waals surface area (Å²) in [7, 11) is 0. The minimum Gasteiger partial charge on any atom is -0.322 e. The van der Waals surface area contributed by atoms with Gasteiger partial charge in [0.05, 0.1) is 0 Å². The largest absolute Gasteiger partial charge is 0.322 e. The molecular formula is C17H19NO. The Balaban J connectivity index is 2.26. The van der Waals surface area contributed by atoms with Crippen LogP contribution in [0.5, 0.6) is 0 Å². The van der Waals surface area contributed by atoms with Crippen molar-refractivity contribution in [2.45, 2.75) is 27.7 Å². The average molecular weight is 253 g/mol. The number of carbonyl (C=O) groups excluding carboxylic acids is 1. The highest BCUT2D eigenvalue weighted by atomic mass is 16.1. The van der Waals surface area contributed by atoms with Crippen LogP contribution in [0.15, 0.2) is 36.4 Å². The van der Waals surface area contributed by atoms with Gasteiger partial charge < -0.3 is 5.32 Å². The van der Waals surface area contributed by atoms with E-state index in [9.17, 15) is 4.79 Å². The third-order valence-corrected chi connectivity index (χ3v) is 3.61. The highest BCUT2D eigenvalue weighted by Crippen LogP contribution is 2.17. The van der Waals surface area contributed by atoms with Crippen molar-refractivity contribution >= 4 is 11.6 Å². The molecule has 0 fully saturated rings. The lowest BCUT2D eigenvalue weighted by molar-refractivity contribution is 0.102. The first-order valence-electron chi connectivity index (χ1n) is 6.44. The van der Waals surface area contributed by atoms with Crippen LogP contribution in [0.1, 0.15) is 32.6 Å². The van der Waals surface area contributed by atoms with E-state index in [2.05, 4.69) is 12.2 Å². The Morgan fingerprint density at radius 1 is 0.895 bits per heavy atom. The summed E-state index contributed by atoms with van der Waals surface area (Å²) in [4.78, 5) is 12.3. The van der Waals surface area contributed by atoms with Crippen molar-refractivity contribution in [3.8, 4) is 0 Å². The molecule has 1 amide bonds. The Labute approximate surface area is 114 Å². The second-order valence-corrected chi connectivity index (χ2v) is 5.00. The molecule has 1 N–H and O–H groups in total. The zero-order valence-electron chi connectivity index (χ0n) is 11.9. The normalized spacial score (nSPS) is 10.3. The molecule has 2 heteroatoms. The summed E-state index contributed by atoms with van der Waals surface area (Å²) in [6, 6.07) is 11.7. The van der Waals surface area contributed by atoms with E-state index in [1.807, 2.05) is 57.2 Å². The van der Waals surface area contributed by atoms with Crippen molar-refractivity contribution < 1.29 is 4.79 Å². The van der Waals surface area contributed by atoms with Crippen LogP contribution in [0.25, 0.3) is 0 Å². The summed E-state index contributed by atoms with van der Waals surface area (Å²) in [6.45, 7) is 8.10. The van der Waals surface area contributed by atoms with Gasteiger partial charge in [0.2, 0.25) is 0 Å². The van der Waals surface area contributed by atoms with Gasteiger partial charge in [-0.05, 0) is 68.1 Å². The SMILES string of the molecule is Cc1ccc(NC(=O)c2cccc(C)c2C)cc1C. The number of rotatable bonds is 2. The number of nitrogens with one attached hydrogen (secondary N) is 1. The summed E-state index contributed by atoms with van der Waals surface area (Å²) < 4.78 is 0. The van der Waals surface area contributed by atoms with Crippen molar-refractivity contribution in [3.63, 3.8) is 0 Å². The van der Waals surface area contributed by atoms with Gasteiger partial charge in [0.15, 0.2) is 0 Å². The summed E-state index contributed by atoms with van der Waals surface area (Å²) in [6.07, 6.45) is 0. The summed E-state index contributed by atoms with van der Waals surface area (Å²) in [5.74, 6) is -0.0514. The Kier molecular flexibility index (Phi) is 3.70. The molecule has 0 saturated heterocycles. The Bertz CT molecular complexity index is 629. The van der Waals surface area contributed by atoms with E-state index in [1.165, 1.54) is 11.1 Å². The lowest BCUT2D eigenvalue weighted by Crippen LogP contribution is -2.14. The van der Waals surface area contributed by atoms with Crippen molar-refractivity contribution in [2.24, 2.45) is 0 Å². The smallest absolute Gasteiger partial charge is 0.255 e. The molecule has 19 heavy (non-hydrogen) atoms. The summed E-state index contributed by atoms with van der Waals surface area (Å²) >= 11 is 0. The number of benzene rings is 2. The van der Waals surface area contributed by atoms with Crippen LogP contribution in [0.3, 0.4) is 0 Å². The fraction of sp³-hybridized carbons (Fsp3) is 0.235. The molecule has 0 aromatic heterocycles. The Morgan fingerprint density at radius 2 is 1.63 bits per heavy atom. The first-order chi connectivity index (χ1) is 8.99. The zero-order valence-corrected chi connectivity index (χ0v) is 11.9. The maximum absolute atomic E-state index is 12.3. The lowest BCUT2D eigenvalue weighted by atomic mass is 10.0. The molecule has 0 saturated carbocycles. The van der Waals surface area contributed by atoms with Crippen LogP contribution >= 0.6 is 0 Å². The number of carbonyl (C=O) groups is 1. The highest BCUT2D eigenvalue weighted by molar-refractivity contribution is 6.05. The number of hydrogen-bond acceptors (Lipinski definition) is 1. The molecule has 0 heterocycles. The molecule has 2 rings (SSSR count). The molecule has 0 aliphatic heterocycles. The van der Waals surface area contributed by atoms with E-state index in [0.29, 0.717) is 0 Å². The van der Waals surface area contributed by atoms with Crippen molar-refractivity contribution in [1.29, 1.82) is 0 Å². The topological polar surface area (TPSA) is 29.1 Å². The molecule has 0 spiro atoms. The van der Waals surface area contributed by atoms with Gasteiger partial charge in [-0.3, -0.25) is 4.79 Å². The van der Waals surface area contributed by atoms with Crippen molar-refractivity contribution in [2.75, 3.05) is 5.32 Å². The minimum atomic E-state index is -0.0514. The van der Waals surface area contributed by atoms with E-state index in [1.54, 1.807) is 0 Å². The van der Waals surface area contributed by atoms with Crippen LogP contribution in [-0.4, -0.2) is 5.91 Å². The van der Waals surface area contributed by atoms with Gasteiger partial charge >= 0.3 is 0 Å². The Hall–Kier alpha value is -2.09. The quantitative estimate of drug-likeness (QED) is 0.855. The summed E-state index contributed by atoms with van der Waals surface area (Å²) in [5, 5.41) is 2.96. The van der Waals surface area contributed by atoms with Gasteiger partial charge in [-0.1, -0.05) is 18.2 Å². The van der Waals surface area contributed by atoms with Gasteiger partial charge in [0.25, 0.3) is 5.91 Å². The van der Waals surface area contributed by atoms with Gasteiger partial charge in [-0.25, -0.2) is 0 Å². The number of amides is 1. The molecule has 0 bridgehead atoms. The molecule has 0 radical (unpaired) electrons. The standard InChI is InChI=1S/C17H19NO/c1-11-8-9-15(10-13(11)3)18-17(19)16-7-5-6-12(2)14(16)4/h5-10H,1-4H3,(H,18,19). The first kappa shape index (κ1) is 13.3. The van der Waals surface area contributed by atoms with Crippen LogP contribution in [-0.2, 0) is 0 Å². The Morgan fingerprint density at radius 3 is 2.32 bits per heavy atom. The summed E-state index contributed by atoms with van der Waals surface area (Å²) in [5.41, 5.74) is 6.15. The van der Waals surface area contributed by atoms with Gasteiger partial charge in [-0.2, -0.15) is 0 Å². The third kappa shape index (κ3) is 2.84. The number of hydrogen-bond donors (Lipinski definition) is 1. The van der Waals surface area contributed by atoms with Gasteiger partial charge in [-0.15, -0.1) is 0 Å². The molecule has 0 atom stereocenters. The van der Waals surface area contributed by atoms with Crippen molar-refractivity contribution in [3.05, 3.63) is 64.2 Å². The first-order valence-corrected chi connectivity index (χ1v) is 6.44. The molecule has 0 aliphatic rings. The molecule has 2 aromatic rings. The van der Waals surface area contributed by atoms with Crippen molar-refractivity contribution in [1.82, 2.24) is 0 Å². The molecule has 0 aliphatic carbocycles. The van der Waals surface area contributed by atoms with E-state index < -0.39 is 0 Å². The van der Waals surface area contributed by atoms with Crippen LogP contribution < -0.4 is 5.32 Å². The van der Waals surface area contributed by atoms with E-state index >= 15 is 0 Å². The second kappa shape index (κ2) is 5.27. The zero-order chi connectivity index (χ0) is 14.0. The highest BCUT2D eigenvalue weighted by Gasteiger charge is 2.10. The fourth-order valence-electron chi connectivity index (χ4n) is 2.01. The molecule has 2 aromatic carbocycles. The fourth-order valence-corrected chi connectivity index (χ4v) is 2.01. The maximum Gasteiger partial charge on any atom is 0.255 e. The molecule has 98 valence electrons. The average Bonchev–Trinajstić information content (AvgIpc) is 2.37. The third-order valence-electron chi connectivity index (χ3n) is 3.61. The van der Waals surface area contributed by atoms with Gasteiger partial charge in [0.1, 0.15) is 0 Å². The maximum atomic E-state index is 12.3. The van der Waals surface area contributed by atoms with Crippen LogP contribution in [0.4, 0.5) is 5.69 Å². The van der Waals surface area contributed by atoms with E-state index in [0.717, 1.165) is 22.4 Å². The van der Waals surface area contributed by atoms with Crippen LogP contribution in [0, 0.1) is 27.7 Å². The minimum absolute atomic E-state index is 0.0514. The second-order valence-electron chi connectivity index (χ2n) is 5.00.